The van der Waals surface area contributed by atoms with E-state index in [2.05, 4.69) is 36.5 Å². The van der Waals surface area contributed by atoms with E-state index in [-0.39, 0.29) is 21.7 Å². The normalized spacial score (nSPS) is 11.1. The maximum absolute atomic E-state index is 13.2. The summed E-state index contributed by atoms with van der Waals surface area (Å²) in [4.78, 5) is 30.8. The molecule has 12 heteroatoms. The summed E-state index contributed by atoms with van der Waals surface area (Å²) in [6.07, 6.45) is -2.21. The number of nitrogens with zero attached hydrogens (tertiary/aromatic N) is 1. The van der Waals surface area contributed by atoms with Crippen LogP contribution in [0, 0.1) is 0 Å². The Bertz CT molecular complexity index is 1460. The van der Waals surface area contributed by atoms with Gasteiger partial charge in [-0.05, 0) is 48.0 Å². The lowest BCUT2D eigenvalue weighted by atomic mass is 10.1. The third kappa shape index (κ3) is 6.47. The van der Waals surface area contributed by atoms with Crippen molar-refractivity contribution >= 4 is 33.6 Å². The summed E-state index contributed by atoms with van der Waals surface area (Å²) in [6, 6.07) is 15.1. The van der Waals surface area contributed by atoms with Crippen LogP contribution in [-0.4, -0.2) is 29.0 Å². The number of carbonyl (C=O) groups excluding carboxylic acids is 2. The van der Waals surface area contributed by atoms with Crippen LogP contribution >= 0.6 is 15.9 Å². The lowest BCUT2D eigenvalue weighted by Crippen LogP contribution is -2.22. The molecule has 2 aromatic heterocycles. The van der Waals surface area contributed by atoms with Crippen molar-refractivity contribution in [1.29, 1.82) is 0 Å². The molecule has 4 rings (SSSR count). The smallest absolute Gasteiger partial charge is 0.417 e. The van der Waals surface area contributed by atoms with Crippen LogP contribution in [0.15, 0.2) is 77.5 Å². The Morgan fingerprint density at radius 3 is 2.54 bits per heavy atom. The topological polar surface area (TPSA) is 105 Å². The third-order valence-corrected chi connectivity index (χ3v) is 5.66. The largest absolute Gasteiger partial charge is 0.457 e. The Morgan fingerprint density at radius 1 is 1.00 bits per heavy atom. The molecule has 0 fully saturated rings. The van der Waals surface area contributed by atoms with E-state index in [0.29, 0.717) is 22.6 Å². The first kappa shape index (κ1) is 25.8. The van der Waals surface area contributed by atoms with Crippen LogP contribution in [0.5, 0.6) is 17.4 Å². The Labute approximate surface area is 217 Å². The number of benzene rings is 2. The molecule has 2 aromatic carbocycles. The second-order valence-electron chi connectivity index (χ2n) is 7.55. The monoisotopic (exact) mass is 574 g/mol. The van der Waals surface area contributed by atoms with Crippen LogP contribution < -0.4 is 20.1 Å². The minimum atomic E-state index is -4.57. The van der Waals surface area contributed by atoms with Gasteiger partial charge < -0.3 is 25.1 Å². The van der Waals surface area contributed by atoms with E-state index < -0.39 is 23.7 Å². The maximum atomic E-state index is 13.2. The molecule has 8 nitrogen and oxygen atoms in total. The summed E-state index contributed by atoms with van der Waals surface area (Å²) in [5.74, 6) is 0.307. The predicted octanol–water partition coefficient (Wildman–Crippen LogP) is 6.62. The number of halogens is 4. The Balaban J connectivity index is 1.48. The molecule has 0 spiro atoms. The number of carbonyl (C=O) groups is 2. The second-order valence-corrected chi connectivity index (χ2v) is 8.40. The zero-order valence-electron chi connectivity index (χ0n) is 19.0. The highest BCUT2D eigenvalue weighted by atomic mass is 79.9. The summed E-state index contributed by atoms with van der Waals surface area (Å²) < 4.78 is 50.2. The van der Waals surface area contributed by atoms with Crippen LogP contribution in [0.3, 0.4) is 0 Å². The molecule has 0 atom stereocenters. The Hall–Kier alpha value is -4.32. The third-order valence-electron chi connectivity index (χ3n) is 4.97. The van der Waals surface area contributed by atoms with E-state index in [9.17, 15) is 22.8 Å². The fourth-order valence-electron chi connectivity index (χ4n) is 3.24. The number of aromatic amines is 1. The molecule has 190 valence electrons. The van der Waals surface area contributed by atoms with Gasteiger partial charge >= 0.3 is 12.3 Å². The van der Waals surface area contributed by atoms with Gasteiger partial charge in [-0.25, -0.2) is 9.78 Å². The van der Waals surface area contributed by atoms with Gasteiger partial charge in [-0.3, -0.25) is 4.79 Å². The summed E-state index contributed by atoms with van der Waals surface area (Å²) >= 11 is 2.87. The summed E-state index contributed by atoms with van der Waals surface area (Å²) in [6.45, 7) is 0. The van der Waals surface area contributed by atoms with Crippen molar-refractivity contribution in [3.63, 3.8) is 0 Å². The van der Waals surface area contributed by atoms with Crippen LogP contribution in [0.2, 0.25) is 0 Å². The first-order valence-electron chi connectivity index (χ1n) is 10.6. The minimum Gasteiger partial charge on any atom is -0.457 e. The van der Waals surface area contributed by atoms with Gasteiger partial charge in [0.15, 0.2) is 0 Å². The van der Waals surface area contributed by atoms with E-state index in [0.717, 1.165) is 6.07 Å². The average Bonchev–Trinajstić information content (AvgIpc) is 3.35. The molecule has 2 amide bonds. The number of anilines is 1. The molecule has 0 aliphatic carbocycles. The van der Waals surface area contributed by atoms with Crippen molar-refractivity contribution in [3.05, 3.63) is 88.8 Å². The highest BCUT2D eigenvalue weighted by molar-refractivity contribution is 9.10. The molecule has 0 radical (unpaired) electrons. The molecule has 3 N–H and O–H groups in total. The molecular weight excluding hydrogens is 557 g/mol. The van der Waals surface area contributed by atoms with Crippen molar-refractivity contribution in [2.75, 3.05) is 12.4 Å². The van der Waals surface area contributed by atoms with E-state index in [1.807, 2.05) is 0 Å². The number of alkyl halides is 3. The van der Waals surface area contributed by atoms with Crippen LogP contribution in [-0.2, 0) is 6.18 Å². The van der Waals surface area contributed by atoms with Crippen LogP contribution in [0.1, 0.15) is 16.1 Å². The van der Waals surface area contributed by atoms with Gasteiger partial charge in [0, 0.05) is 41.2 Å². The van der Waals surface area contributed by atoms with Crippen LogP contribution in [0.4, 0.5) is 23.7 Å². The number of hydrogen-bond acceptors (Lipinski definition) is 5. The lowest BCUT2D eigenvalue weighted by molar-refractivity contribution is -0.138. The highest BCUT2D eigenvalue weighted by Crippen LogP contribution is 2.36. The minimum absolute atomic E-state index is 0.00388. The molecule has 4 aromatic rings. The molecular formula is C25H18BrF3N4O4. The molecule has 37 heavy (non-hydrogen) atoms. The Morgan fingerprint density at radius 2 is 1.78 bits per heavy atom. The maximum Gasteiger partial charge on any atom is 0.417 e. The van der Waals surface area contributed by atoms with Gasteiger partial charge in [0.05, 0.1) is 5.56 Å². The SMILES string of the molecule is CNC(=O)Oc1cc(Oc2cccc(-c3c[nH]c(C(=O)Nc4ccc(Br)c(C(F)(F)F)c4)c3)c2)ccn1. The Kier molecular flexibility index (Phi) is 7.48. The summed E-state index contributed by atoms with van der Waals surface area (Å²) in [7, 11) is 1.43. The fourth-order valence-corrected chi connectivity index (χ4v) is 3.71. The molecule has 0 unspecified atom stereocenters. The second kappa shape index (κ2) is 10.7. The average molecular weight is 575 g/mol. The first-order valence-corrected chi connectivity index (χ1v) is 11.4. The number of nitrogens with one attached hydrogen (secondary N) is 3. The molecule has 2 heterocycles. The number of rotatable bonds is 6. The van der Waals surface area contributed by atoms with Gasteiger partial charge in [0.1, 0.15) is 17.2 Å². The predicted molar refractivity (Wildman–Crippen MR) is 133 cm³/mol. The van der Waals surface area contributed by atoms with Crippen molar-refractivity contribution in [3.8, 4) is 28.5 Å². The number of H-pyrrole nitrogens is 1. The highest BCUT2D eigenvalue weighted by Gasteiger charge is 2.33. The van der Waals surface area contributed by atoms with Gasteiger partial charge in [-0.2, -0.15) is 13.2 Å². The van der Waals surface area contributed by atoms with E-state index in [1.165, 1.54) is 31.4 Å². The van der Waals surface area contributed by atoms with Gasteiger partial charge in [0.2, 0.25) is 5.88 Å². The number of pyridine rings is 1. The van der Waals surface area contributed by atoms with Crippen molar-refractivity contribution < 1.29 is 32.2 Å². The zero-order chi connectivity index (χ0) is 26.6. The lowest BCUT2D eigenvalue weighted by Gasteiger charge is -2.11. The number of ether oxygens (including phenoxy) is 2. The quantitative estimate of drug-likeness (QED) is 0.240. The molecule has 0 aliphatic heterocycles. The van der Waals surface area contributed by atoms with Crippen LogP contribution in [0.25, 0.3) is 11.1 Å². The van der Waals surface area contributed by atoms with E-state index in [1.54, 1.807) is 42.6 Å². The van der Waals surface area contributed by atoms with E-state index in [4.69, 9.17) is 9.47 Å². The number of hydrogen-bond donors (Lipinski definition) is 3. The summed E-state index contributed by atoms with van der Waals surface area (Å²) in [5.41, 5.74) is 0.635. The number of aromatic nitrogens is 2. The van der Waals surface area contributed by atoms with Crippen molar-refractivity contribution in [2.45, 2.75) is 6.18 Å². The number of amides is 2. The first-order chi connectivity index (χ1) is 17.6. The van der Waals surface area contributed by atoms with E-state index >= 15 is 0 Å². The molecule has 0 saturated heterocycles. The zero-order valence-corrected chi connectivity index (χ0v) is 20.6. The molecule has 0 bridgehead atoms. The standard InChI is InChI=1S/C25H18BrF3N4O4/c1-30-24(35)37-22-12-18(7-8-31-22)36-17-4-2-3-14(9-17)15-10-21(32-13-15)23(34)33-16-5-6-20(26)19(11-16)25(27,28)29/h2-13,32H,1H3,(H,30,35)(H,33,34). The summed E-state index contributed by atoms with van der Waals surface area (Å²) in [5, 5.41) is 4.79. The van der Waals surface area contributed by atoms with Gasteiger partial charge in [-0.1, -0.05) is 28.1 Å². The molecule has 0 saturated carbocycles. The fraction of sp³-hybridized carbons (Fsp3) is 0.0800. The van der Waals surface area contributed by atoms with Crippen molar-refractivity contribution in [1.82, 2.24) is 15.3 Å². The molecule has 0 aliphatic rings. The van der Waals surface area contributed by atoms with Crippen molar-refractivity contribution in [2.24, 2.45) is 0 Å². The van der Waals surface area contributed by atoms with Gasteiger partial charge in [0.25, 0.3) is 5.91 Å². The van der Waals surface area contributed by atoms with Gasteiger partial charge in [-0.15, -0.1) is 0 Å².